The van der Waals surface area contributed by atoms with Crippen molar-refractivity contribution >= 4 is 5.91 Å². The molecular weight excluding hydrogens is 294 g/mol. The average molecular weight is 321 g/mol. The first kappa shape index (κ1) is 16.5. The van der Waals surface area contributed by atoms with Gasteiger partial charge in [-0.1, -0.05) is 12.8 Å². The van der Waals surface area contributed by atoms with E-state index in [0.29, 0.717) is 12.2 Å². The molecule has 3 rings (SSSR count). The lowest BCUT2D eigenvalue weighted by Crippen LogP contribution is -2.46. The van der Waals surface area contributed by atoms with Crippen molar-refractivity contribution < 1.29 is 19.1 Å². The van der Waals surface area contributed by atoms with E-state index >= 15 is 0 Å². The molecule has 5 nitrogen and oxygen atoms in total. The summed E-state index contributed by atoms with van der Waals surface area (Å²) in [5.74, 6) is 0.681. The van der Waals surface area contributed by atoms with Crippen LogP contribution in [-0.2, 0) is 9.53 Å². The number of aliphatic hydroxyl groups excluding tert-OH is 1. The maximum Gasteiger partial charge on any atom is 0.251 e. The maximum absolute atomic E-state index is 12.9. The highest BCUT2D eigenvalue weighted by Crippen LogP contribution is 2.29. The predicted octanol–water partition coefficient (Wildman–Crippen LogP) is 3.04. The molecule has 0 aliphatic carbocycles. The van der Waals surface area contributed by atoms with Crippen LogP contribution in [0.2, 0.25) is 0 Å². The summed E-state index contributed by atoms with van der Waals surface area (Å²) in [7, 11) is 0. The molecule has 2 aliphatic rings. The molecule has 0 spiro atoms. The van der Waals surface area contributed by atoms with Crippen LogP contribution in [0.3, 0.4) is 0 Å². The molecule has 0 radical (unpaired) electrons. The number of likely N-dealkylation sites (tertiary alicyclic amines) is 1. The molecule has 5 heteroatoms. The third-order valence-electron chi connectivity index (χ3n) is 5.03. The zero-order valence-electron chi connectivity index (χ0n) is 13.8. The summed E-state index contributed by atoms with van der Waals surface area (Å²) in [5, 5.41) is 10.4. The molecule has 1 amide bonds. The summed E-state index contributed by atoms with van der Waals surface area (Å²) >= 11 is 0. The molecule has 0 unspecified atom stereocenters. The molecule has 2 aliphatic heterocycles. The fourth-order valence-electron chi connectivity index (χ4n) is 3.74. The highest BCUT2D eigenvalue weighted by molar-refractivity contribution is 5.81. The normalized spacial score (nSPS) is 30.2. The molecule has 1 N–H and O–H groups in total. The Morgan fingerprint density at radius 1 is 1.35 bits per heavy atom. The highest BCUT2D eigenvalue weighted by atomic mass is 16.5. The number of amides is 1. The lowest BCUT2D eigenvalue weighted by Gasteiger charge is -2.33. The Hall–Kier alpha value is -1.33. The van der Waals surface area contributed by atoms with Gasteiger partial charge in [0.15, 0.2) is 0 Å². The predicted molar refractivity (Wildman–Crippen MR) is 85.8 cm³/mol. The monoisotopic (exact) mass is 321 g/mol. The Kier molecular flexibility index (Phi) is 5.38. The first-order chi connectivity index (χ1) is 11.1. The van der Waals surface area contributed by atoms with Gasteiger partial charge in [-0.2, -0.15) is 0 Å². The van der Waals surface area contributed by atoms with Gasteiger partial charge < -0.3 is 19.2 Å². The molecule has 2 fully saturated rings. The fraction of sp³-hybridized carbons (Fsp3) is 0.722. The van der Waals surface area contributed by atoms with Gasteiger partial charge in [-0.05, 0) is 44.7 Å². The van der Waals surface area contributed by atoms with Crippen molar-refractivity contribution in [1.29, 1.82) is 0 Å². The van der Waals surface area contributed by atoms with Crippen LogP contribution in [0, 0.1) is 0 Å². The second-order valence-electron chi connectivity index (χ2n) is 6.81. The first-order valence-corrected chi connectivity index (χ1v) is 8.82. The molecule has 0 bridgehead atoms. The number of carbonyl (C=O) groups excluding carboxylic acids is 1. The molecule has 128 valence electrons. The largest absolute Gasteiger partial charge is 0.467 e. The number of nitrogens with zero attached hydrogens (tertiary/aromatic N) is 1. The third-order valence-corrected chi connectivity index (χ3v) is 5.03. The van der Waals surface area contributed by atoms with E-state index in [4.69, 9.17) is 9.15 Å². The summed E-state index contributed by atoms with van der Waals surface area (Å²) < 4.78 is 11.1. The van der Waals surface area contributed by atoms with Crippen molar-refractivity contribution in [3.63, 3.8) is 0 Å². The Morgan fingerprint density at radius 2 is 2.22 bits per heavy atom. The van der Waals surface area contributed by atoms with E-state index in [-0.39, 0.29) is 24.2 Å². The van der Waals surface area contributed by atoms with E-state index in [2.05, 4.69) is 0 Å². The molecule has 1 aromatic heterocycles. The summed E-state index contributed by atoms with van der Waals surface area (Å²) in [5.41, 5.74) is 0. The first-order valence-electron chi connectivity index (χ1n) is 8.82. The van der Waals surface area contributed by atoms with Crippen LogP contribution in [0.15, 0.2) is 22.8 Å². The topological polar surface area (TPSA) is 62.9 Å². The zero-order chi connectivity index (χ0) is 16.2. The SMILES string of the molecule is C[C@@H]1CC[C@H](C(=O)N2CCCCC[C@H]2C[C@@H](O)c2ccco2)O1. The quantitative estimate of drug-likeness (QED) is 0.926. The smallest absolute Gasteiger partial charge is 0.251 e. The number of hydrogen-bond acceptors (Lipinski definition) is 4. The van der Waals surface area contributed by atoms with Gasteiger partial charge in [-0.25, -0.2) is 0 Å². The van der Waals surface area contributed by atoms with Crippen LogP contribution in [0.25, 0.3) is 0 Å². The Bertz CT molecular complexity index is 501. The number of ether oxygens (including phenoxy) is 1. The van der Waals surface area contributed by atoms with Crippen LogP contribution in [-0.4, -0.2) is 40.7 Å². The van der Waals surface area contributed by atoms with Gasteiger partial charge in [-0.3, -0.25) is 4.79 Å². The molecule has 4 atom stereocenters. The summed E-state index contributed by atoms with van der Waals surface area (Å²) in [6, 6.07) is 3.63. The van der Waals surface area contributed by atoms with Crippen LogP contribution in [0.1, 0.15) is 63.7 Å². The average Bonchev–Trinajstić information content (AvgIpc) is 3.16. The number of rotatable bonds is 4. The van der Waals surface area contributed by atoms with Gasteiger partial charge in [0, 0.05) is 19.0 Å². The molecule has 0 saturated carbocycles. The van der Waals surface area contributed by atoms with Crippen molar-refractivity contribution in [2.45, 2.75) is 76.2 Å². The highest BCUT2D eigenvalue weighted by Gasteiger charge is 2.36. The Labute approximate surface area is 137 Å². The van der Waals surface area contributed by atoms with Crippen LogP contribution >= 0.6 is 0 Å². The van der Waals surface area contributed by atoms with Crippen LogP contribution in [0.5, 0.6) is 0 Å². The van der Waals surface area contributed by atoms with Crippen LogP contribution < -0.4 is 0 Å². The summed E-state index contributed by atoms with van der Waals surface area (Å²) in [6.07, 6.45) is 7.27. The lowest BCUT2D eigenvalue weighted by atomic mass is 10.0. The van der Waals surface area contributed by atoms with E-state index in [1.165, 1.54) is 0 Å². The molecule has 0 aromatic carbocycles. The third kappa shape index (κ3) is 3.96. The van der Waals surface area contributed by atoms with Gasteiger partial charge in [0.05, 0.1) is 12.4 Å². The molecular formula is C18H27NO4. The number of carbonyl (C=O) groups is 1. The van der Waals surface area contributed by atoms with Crippen molar-refractivity contribution in [2.75, 3.05) is 6.54 Å². The number of furan rings is 1. The van der Waals surface area contributed by atoms with Crippen molar-refractivity contribution in [2.24, 2.45) is 0 Å². The Morgan fingerprint density at radius 3 is 2.91 bits per heavy atom. The van der Waals surface area contributed by atoms with Crippen molar-refractivity contribution in [3.8, 4) is 0 Å². The van der Waals surface area contributed by atoms with E-state index in [1.54, 1.807) is 18.4 Å². The second kappa shape index (κ2) is 7.49. The van der Waals surface area contributed by atoms with Gasteiger partial charge in [0.1, 0.15) is 18.0 Å². The molecule has 23 heavy (non-hydrogen) atoms. The minimum Gasteiger partial charge on any atom is -0.467 e. The van der Waals surface area contributed by atoms with Crippen LogP contribution in [0.4, 0.5) is 0 Å². The molecule has 1 aromatic rings. The molecule has 3 heterocycles. The van der Waals surface area contributed by atoms with Gasteiger partial charge in [0.25, 0.3) is 5.91 Å². The van der Waals surface area contributed by atoms with Crippen molar-refractivity contribution in [1.82, 2.24) is 4.90 Å². The summed E-state index contributed by atoms with van der Waals surface area (Å²) in [6.45, 7) is 2.79. The summed E-state index contributed by atoms with van der Waals surface area (Å²) in [4.78, 5) is 14.8. The van der Waals surface area contributed by atoms with E-state index < -0.39 is 6.10 Å². The fourth-order valence-corrected chi connectivity index (χ4v) is 3.74. The zero-order valence-corrected chi connectivity index (χ0v) is 13.8. The van der Waals surface area contributed by atoms with Gasteiger partial charge in [0.2, 0.25) is 0 Å². The standard InChI is InChI=1S/C18H27NO4/c1-13-8-9-17(23-13)18(21)19-10-4-2-3-6-14(19)12-15(20)16-7-5-11-22-16/h5,7,11,13-15,17,20H,2-4,6,8-10,12H2,1H3/t13-,14+,15-,17-/m1/s1. The number of hydrogen-bond donors (Lipinski definition) is 1. The van der Waals surface area contributed by atoms with Crippen molar-refractivity contribution in [3.05, 3.63) is 24.2 Å². The van der Waals surface area contributed by atoms with E-state index in [1.807, 2.05) is 11.8 Å². The second-order valence-corrected chi connectivity index (χ2v) is 6.81. The van der Waals surface area contributed by atoms with E-state index in [9.17, 15) is 9.90 Å². The minimum atomic E-state index is -0.660. The van der Waals surface area contributed by atoms with E-state index in [0.717, 1.165) is 45.1 Å². The minimum absolute atomic E-state index is 0.0598. The van der Waals surface area contributed by atoms with Gasteiger partial charge >= 0.3 is 0 Å². The molecule has 2 saturated heterocycles. The lowest BCUT2D eigenvalue weighted by molar-refractivity contribution is -0.145. The number of aliphatic hydroxyl groups is 1. The maximum atomic E-state index is 12.9. The van der Waals surface area contributed by atoms with Gasteiger partial charge in [-0.15, -0.1) is 0 Å². The Balaban J connectivity index is 1.68.